The number of aliphatic hydroxyl groups is 1. The van der Waals surface area contributed by atoms with Gasteiger partial charge < -0.3 is 9.84 Å². The van der Waals surface area contributed by atoms with Crippen LogP contribution >= 0.6 is 0 Å². The summed E-state index contributed by atoms with van der Waals surface area (Å²) in [4.78, 5) is 11.8. The highest BCUT2D eigenvalue weighted by Gasteiger charge is 2.15. The Labute approximate surface area is 129 Å². The lowest BCUT2D eigenvalue weighted by Gasteiger charge is -2.08. The average Bonchev–Trinajstić information content (AvgIpc) is 2.56. The molecular formula is C17H18N2O3. The molecule has 2 aromatic carbocycles. The Morgan fingerprint density at radius 2 is 1.91 bits per heavy atom. The van der Waals surface area contributed by atoms with Crippen molar-refractivity contribution in [3.63, 3.8) is 0 Å². The third-order valence-corrected chi connectivity index (χ3v) is 2.94. The largest absolute Gasteiger partial charge is 0.494 e. The van der Waals surface area contributed by atoms with Crippen LogP contribution in [-0.4, -0.2) is 23.8 Å². The Hall–Kier alpha value is -2.66. The van der Waals surface area contributed by atoms with Gasteiger partial charge in [0.05, 0.1) is 12.8 Å². The Bertz CT molecular complexity index is 624. The van der Waals surface area contributed by atoms with Gasteiger partial charge in [-0.25, -0.2) is 5.43 Å². The first kappa shape index (κ1) is 15.7. The minimum Gasteiger partial charge on any atom is -0.494 e. The van der Waals surface area contributed by atoms with Crippen molar-refractivity contribution >= 4 is 12.1 Å². The normalized spacial score (nSPS) is 12.1. The molecule has 1 amide bonds. The Kier molecular flexibility index (Phi) is 5.68. The van der Waals surface area contributed by atoms with E-state index in [0.29, 0.717) is 12.2 Å². The van der Waals surface area contributed by atoms with Crippen molar-refractivity contribution in [2.75, 3.05) is 6.61 Å². The summed E-state index contributed by atoms with van der Waals surface area (Å²) in [6.45, 7) is 2.53. The van der Waals surface area contributed by atoms with E-state index in [4.69, 9.17) is 4.74 Å². The highest BCUT2D eigenvalue weighted by atomic mass is 16.5. The number of hydrogen-bond acceptors (Lipinski definition) is 4. The van der Waals surface area contributed by atoms with Gasteiger partial charge in [-0.05, 0) is 42.3 Å². The van der Waals surface area contributed by atoms with Crippen LogP contribution in [-0.2, 0) is 4.79 Å². The predicted octanol–water partition coefficient (Wildman–Crippen LogP) is 2.27. The van der Waals surface area contributed by atoms with Crippen molar-refractivity contribution in [1.29, 1.82) is 0 Å². The zero-order chi connectivity index (χ0) is 15.8. The lowest BCUT2D eigenvalue weighted by molar-refractivity contribution is -0.129. The van der Waals surface area contributed by atoms with E-state index in [1.165, 1.54) is 6.21 Å². The van der Waals surface area contributed by atoms with Crippen LogP contribution in [0.5, 0.6) is 5.75 Å². The standard InChI is InChI=1S/C17H18N2O3/c1-2-22-15-10-8-13(9-11-15)12-18-19-17(21)16(20)14-6-4-3-5-7-14/h3-12,16,20H,2H2,1H3,(H,19,21)/b18-12-/t16-/m1/s1. The zero-order valence-electron chi connectivity index (χ0n) is 12.3. The maximum Gasteiger partial charge on any atom is 0.273 e. The molecule has 0 aliphatic rings. The maximum atomic E-state index is 11.8. The second-order valence-corrected chi connectivity index (χ2v) is 4.55. The lowest BCUT2D eigenvalue weighted by Crippen LogP contribution is -2.25. The summed E-state index contributed by atoms with van der Waals surface area (Å²) in [5.74, 6) is 0.205. The molecule has 114 valence electrons. The first-order valence-electron chi connectivity index (χ1n) is 6.99. The summed E-state index contributed by atoms with van der Waals surface area (Å²) in [7, 11) is 0. The van der Waals surface area contributed by atoms with Gasteiger partial charge in [-0.3, -0.25) is 4.79 Å². The molecule has 2 rings (SSSR count). The monoisotopic (exact) mass is 298 g/mol. The molecule has 1 atom stereocenters. The molecule has 5 nitrogen and oxygen atoms in total. The Morgan fingerprint density at radius 3 is 2.55 bits per heavy atom. The van der Waals surface area contributed by atoms with Crippen LogP contribution in [0.15, 0.2) is 59.7 Å². The van der Waals surface area contributed by atoms with Crippen LogP contribution in [0.4, 0.5) is 0 Å². The molecule has 0 aromatic heterocycles. The number of carbonyl (C=O) groups excluding carboxylic acids is 1. The first-order valence-corrected chi connectivity index (χ1v) is 6.99. The highest BCUT2D eigenvalue weighted by molar-refractivity contribution is 5.85. The number of rotatable bonds is 6. The van der Waals surface area contributed by atoms with Gasteiger partial charge in [-0.1, -0.05) is 30.3 Å². The van der Waals surface area contributed by atoms with Crippen molar-refractivity contribution in [3.05, 3.63) is 65.7 Å². The second kappa shape index (κ2) is 7.95. The van der Waals surface area contributed by atoms with Crippen LogP contribution in [0.2, 0.25) is 0 Å². The fourth-order valence-corrected chi connectivity index (χ4v) is 1.84. The Morgan fingerprint density at radius 1 is 1.23 bits per heavy atom. The summed E-state index contributed by atoms with van der Waals surface area (Å²) >= 11 is 0. The smallest absolute Gasteiger partial charge is 0.273 e. The van der Waals surface area contributed by atoms with Crippen molar-refractivity contribution in [1.82, 2.24) is 5.43 Å². The average molecular weight is 298 g/mol. The minimum atomic E-state index is -1.24. The topological polar surface area (TPSA) is 70.9 Å². The SMILES string of the molecule is CCOc1ccc(/C=N\NC(=O)[C@H](O)c2ccccc2)cc1. The molecule has 0 heterocycles. The Balaban J connectivity index is 1.90. The maximum absolute atomic E-state index is 11.8. The molecule has 2 N–H and O–H groups in total. The number of hydrazone groups is 1. The number of ether oxygens (including phenoxy) is 1. The van der Waals surface area contributed by atoms with Crippen molar-refractivity contribution in [2.45, 2.75) is 13.0 Å². The molecule has 0 aliphatic heterocycles. The molecule has 0 spiro atoms. The summed E-state index contributed by atoms with van der Waals surface area (Å²) in [5, 5.41) is 13.7. The third-order valence-electron chi connectivity index (χ3n) is 2.94. The highest BCUT2D eigenvalue weighted by Crippen LogP contribution is 2.12. The van der Waals surface area contributed by atoms with E-state index in [1.807, 2.05) is 37.3 Å². The van der Waals surface area contributed by atoms with Gasteiger partial charge in [0.15, 0.2) is 6.10 Å². The van der Waals surface area contributed by atoms with E-state index in [9.17, 15) is 9.90 Å². The van der Waals surface area contributed by atoms with Gasteiger partial charge in [0.25, 0.3) is 5.91 Å². The van der Waals surface area contributed by atoms with E-state index in [0.717, 1.165) is 11.3 Å². The number of aliphatic hydroxyl groups excluding tert-OH is 1. The molecule has 0 unspecified atom stereocenters. The van der Waals surface area contributed by atoms with Crippen LogP contribution in [0.25, 0.3) is 0 Å². The van der Waals surface area contributed by atoms with Gasteiger partial charge in [0.1, 0.15) is 5.75 Å². The molecule has 0 radical (unpaired) electrons. The molecule has 22 heavy (non-hydrogen) atoms. The van der Waals surface area contributed by atoms with Crippen LogP contribution in [0.1, 0.15) is 24.2 Å². The molecule has 0 bridgehead atoms. The summed E-state index contributed by atoms with van der Waals surface area (Å²) in [6, 6.07) is 16.0. The van der Waals surface area contributed by atoms with Crippen LogP contribution in [0.3, 0.4) is 0 Å². The minimum absolute atomic E-state index is 0.524. The van der Waals surface area contributed by atoms with Gasteiger partial charge >= 0.3 is 0 Å². The van der Waals surface area contributed by atoms with Gasteiger partial charge in [-0.15, -0.1) is 0 Å². The fourth-order valence-electron chi connectivity index (χ4n) is 1.84. The number of nitrogens with zero attached hydrogens (tertiary/aromatic N) is 1. The molecular weight excluding hydrogens is 280 g/mol. The van der Waals surface area contributed by atoms with Gasteiger partial charge in [0, 0.05) is 0 Å². The van der Waals surface area contributed by atoms with Crippen LogP contribution < -0.4 is 10.2 Å². The summed E-state index contributed by atoms with van der Waals surface area (Å²) < 4.78 is 5.34. The number of hydrogen-bond donors (Lipinski definition) is 2. The fraction of sp³-hybridized carbons (Fsp3) is 0.176. The predicted molar refractivity (Wildman–Crippen MR) is 84.7 cm³/mol. The third kappa shape index (κ3) is 4.43. The quantitative estimate of drug-likeness (QED) is 0.635. The van der Waals surface area contributed by atoms with Crippen LogP contribution in [0, 0.1) is 0 Å². The lowest BCUT2D eigenvalue weighted by atomic mass is 10.1. The molecule has 5 heteroatoms. The van der Waals surface area contributed by atoms with E-state index in [-0.39, 0.29) is 0 Å². The molecule has 0 saturated heterocycles. The summed E-state index contributed by atoms with van der Waals surface area (Å²) in [6.07, 6.45) is 0.268. The number of nitrogens with one attached hydrogen (secondary N) is 1. The van der Waals surface area contributed by atoms with E-state index in [2.05, 4.69) is 10.5 Å². The zero-order valence-corrected chi connectivity index (χ0v) is 12.3. The van der Waals surface area contributed by atoms with Crippen molar-refractivity contribution in [2.24, 2.45) is 5.10 Å². The number of benzene rings is 2. The second-order valence-electron chi connectivity index (χ2n) is 4.55. The van der Waals surface area contributed by atoms with Gasteiger partial charge in [-0.2, -0.15) is 5.10 Å². The summed E-state index contributed by atoms with van der Waals surface area (Å²) in [5.41, 5.74) is 3.66. The number of amides is 1. The van der Waals surface area contributed by atoms with Gasteiger partial charge in [0.2, 0.25) is 0 Å². The molecule has 0 fully saturated rings. The van der Waals surface area contributed by atoms with Crippen molar-refractivity contribution in [3.8, 4) is 5.75 Å². The molecule has 2 aromatic rings. The number of carbonyl (C=O) groups is 1. The van der Waals surface area contributed by atoms with E-state index in [1.54, 1.807) is 24.3 Å². The molecule has 0 saturated carbocycles. The first-order chi connectivity index (χ1) is 10.7. The van der Waals surface area contributed by atoms with E-state index < -0.39 is 12.0 Å². The molecule has 0 aliphatic carbocycles. The van der Waals surface area contributed by atoms with Crippen molar-refractivity contribution < 1.29 is 14.6 Å². The van der Waals surface area contributed by atoms with E-state index >= 15 is 0 Å².